The highest BCUT2D eigenvalue weighted by molar-refractivity contribution is 5.64. The second-order valence-corrected chi connectivity index (χ2v) is 6.23. The van der Waals surface area contributed by atoms with E-state index in [2.05, 4.69) is 72.0 Å². The van der Waals surface area contributed by atoms with Crippen LogP contribution in [0, 0.1) is 0 Å². The van der Waals surface area contributed by atoms with Crippen LogP contribution in [0.4, 0.5) is 0 Å². The third-order valence-corrected chi connectivity index (χ3v) is 4.74. The van der Waals surface area contributed by atoms with Gasteiger partial charge in [-0.25, -0.2) is 0 Å². The average molecular weight is 315 g/mol. The molecular formula is C22H21NO. The van der Waals surface area contributed by atoms with Crippen molar-refractivity contribution in [1.82, 2.24) is 5.32 Å². The monoisotopic (exact) mass is 315 g/mol. The molecule has 3 aromatic carbocycles. The minimum Gasteiger partial charge on any atom is -0.484 e. The number of fused-ring (bicyclic) bond motifs is 1. The summed E-state index contributed by atoms with van der Waals surface area (Å²) in [5.74, 6) is 0.915. The van der Waals surface area contributed by atoms with E-state index in [1.54, 1.807) is 0 Å². The number of rotatable bonds is 4. The van der Waals surface area contributed by atoms with Crippen LogP contribution in [0.3, 0.4) is 0 Å². The zero-order valence-electron chi connectivity index (χ0n) is 13.8. The lowest BCUT2D eigenvalue weighted by atomic mass is 10.1. The summed E-state index contributed by atoms with van der Waals surface area (Å²) in [4.78, 5) is 0. The minimum atomic E-state index is 0.0530. The van der Waals surface area contributed by atoms with Crippen molar-refractivity contribution in [2.45, 2.75) is 18.6 Å². The Bertz CT molecular complexity index is 828. The summed E-state index contributed by atoms with van der Waals surface area (Å²) in [6, 6.07) is 27.6. The topological polar surface area (TPSA) is 21.3 Å². The second kappa shape index (κ2) is 6.50. The summed E-state index contributed by atoms with van der Waals surface area (Å²) in [5.41, 5.74) is 5.06. The van der Waals surface area contributed by atoms with E-state index in [0.29, 0.717) is 6.04 Å². The van der Waals surface area contributed by atoms with Gasteiger partial charge in [0.05, 0.1) is 6.04 Å². The van der Waals surface area contributed by atoms with E-state index in [4.69, 9.17) is 4.74 Å². The number of benzene rings is 3. The lowest BCUT2D eigenvalue weighted by Gasteiger charge is -2.22. The fraction of sp³-hybridized carbons (Fsp3) is 0.182. The van der Waals surface area contributed by atoms with Gasteiger partial charge in [-0.2, -0.15) is 0 Å². The molecule has 3 aromatic rings. The second-order valence-electron chi connectivity index (χ2n) is 6.23. The van der Waals surface area contributed by atoms with Crippen LogP contribution in [0.25, 0.3) is 11.1 Å². The third-order valence-electron chi connectivity index (χ3n) is 4.74. The Balaban J connectivity index is 1.63. The van der Waals surface area contributed by atoms with E-state index in [0.717, 1.165) is 12.2 Å². The van der Waals surface area contributed by atoms with E-state index in [-0.39, 0.29) is 6.10 Å². The fourth-order valence-corrected chi connectivity index (χ4v) is 3.48. The number of likely N-dealkylation sites (N-methyl/N-ethyl adjacent to an activating group) is 1. The molecule has 4 rings (SSSR count). The Hall–Kier alpha value is -2.58. The van der Waals surface area contributed by atoms with Gasteiger partial charge in [0.15, 0.2) is 0 Å². The molecule has 1 N–H and O–H groups in total. The third kappa shape index (κ3) is 2.81. The first-order chi connectivity index (χ1) is 11.8. The van der Waals surface area contributed by atoms with Crippen molar-refractivity contribution < 1.29 is 4.74 Å². The number of hydrogen-bond donors (Lipinski definition) is 1. The minimum absolute atomic E-state index is 0.0530. The molecule has 0 unspecified atom stereocenters. The van der Waals surface area contributed by atoms with E-state index in [1.165, 1.54) is 22.3 Å². The molecule has 0 spiro atoms. The smallest absolute Gasteiger partial charge is 0.140 e. The van der Waals surface area contributed by atoms with Gasteiger partial charge in [0.25, 0.3) is 0 Å². The van der Waals surface area contributed by atoms with Crippen LogP contribution in [-0.2, 0) is 6.42 Å². The quantitative estimate of drug-likeness (QED) is 0.758. The summed E-state index contributed by atoms with van der Waals surface area (Å²) >= 11 is 0. The summed E-state index contributed by atoms with van der Waals surface area (Å²) < 4.78 is 6.40. The zero-order valence-corrected chi connectivity index (χ0v) is 13.8. The van der Waals surface area contributed by atoms with E-state index in [1.807, 2.05) is 19.2 Å². The van der Waals surface area contributed by atoms with Crippen LogP contribution in [0.2, 0.25) is 0 Å². The number of nitrogens with one attached hydrogen (secondary N) is 1. The van der Waals surface area contributed by atoms with E-state index < -0.39 is 0 Å². The molecule has 0 aliphatic heterocycles. The molecule has 24 heavy (non-hydrogen) atoms. The van der Waals surface area contributed by atoms with Crippen LogP contribution in [0.1, 0.15) is 17.2 Å². The van der Waals surface area contributed by atoms with Crippen LogP contribution in [-0.4, -0.2) is 13.1 Å². The highest BCUT2D eigenvalue weighted by Crippen LogP contribution is 2.36. The molecule has 2 atom stereocenters. The molecule has 0 amide bonds. The maximum absolute atomic E-state index is 6.40. The first kappa shape index (κ1) is 15.0. The van der Waals surface area contributed by atoms with Gasteiger partial charge in [-0.3, -0.25) is 0 Å². The van der Waals surface area contributed by atoms with Gasteiger partial charge < -0.3 is 10.1 Å². The van der Waals surface area contributed by atoms with Crippen molar-refractivity contribution in [3.05, 3.63) is 90.0 Å². The van der Waals surface area contributed by atoms with Crippen LogP contribution >= 0.6 is 0 Å². The zero-order chi connectivity index (χ0) is 16.4. The van der Waals surface area contributed by atoms with Crippen molar-refractivity contribution in [3.8, 4) is 16.9 Å². The molecule has 0 aromatic heterocycles. The summed E-state index contributed by atoms with van der Waals surface area (Å²) in [5, 5.41) is 3.40. The Morgan fingerprint density at radius 3 is 2.42 bits per heavy atom. The molecule has 0 heterocycles. The van der Waals surface area contributed by atoms with Gasteiger partial charge in [0, 0.05) is 0 Å². The van der Waals surface area contributed by atoms with Crippen molar-refractivity contribution in [2.24, 2.45) is 0 Å². The largest absolute Gasteiger partial charge is 0.484 e. The SMILES string of the molecule is CN[C@H]1Cc2ccccc2[C@H]1Oc1cccc(-c2ccccc2)c1. The van der Waals surface area contributed by atoms with Crippen molar-refractivity contribution in [3.63, 3.8) is 0 Å². The predicted molar refractivity (Wildman–Crippen MR) is 98.2 cm³/mol. The Morgan fingerprint density at radius 2 is 1.58 bits per heavy atom. The highest BCUT2D eigenvalue weighted by atomic mass is 16.5. The van der Waals surface area contributed by atoms with Gasteiger partial charge in [0.1, 0.15) is 11.9 Å². The van der Waals surface area contributed by atoms with Crippen molar-refractivity contribution in [2.75, 3.05) is 7.05 Å². The predicted octanol–water partition coefficient (Wildman–Crippen LogP) is 4.62. The van der Waals surface area contributed by atoms with Gasteiger partial charge >= 0.3 is 0 Å². The normalized spacial score (nSPS) is 19.0. The maximum atomic E-state index is 6.40. The van der Waals surface area contributed by atoms with Crippen molar-refractivity contribution >= 4 is 0 Å². The van der Waals surface area contributed by atoms with Gasteiger partial charge in [0.2, 0.25) is 0 Å². The Morgan fingerprint density at radius 1 is 0.833 bits per heavy atom. The first-order valence-electron chi connectivity index (χ1n) is 8.42. The van der Waals surface area contributed by atoms with Gasteiger partial charge in [-0.05, 0) is 47.9 Å². The molecule has 0 radical (unpaired) electrons. The molecule has 0 saturated carbocycles. The van der Waals surface area contributed by atoms with Crippen molar-refractivity contribution in [1.29, 1.82) is 0 Å². The molecule has 2 heteroatoms. The highest BCUT2D eigenvalue weighted by Gasteiger charge is 2.32. The molecule has 0 bridgehead atoms. The van der Waals surface area contributed by atoms with Gasteiger partial charge in [-0.1, -0.05) is 66.7 Å². The first-order valence-corrected chi connectivity index (χ1v) is 8.42. The molecule has 1 aliphatic rings. The molecule has 120 valence electrons. The molecule has 2 nitrogen and oxygen atoms in total. The van der Waals surface area contributed by atoms with Crippen LogP contribution in [0.15, 0.2) is 78.9 Å². The lowest BCUT2D eigenvalue weighted by molar-refractivity contribution is 0.172. The number of ether oxygens (including phenoxy) is 1. The standard InChI is InChI=1S/C22H21NO/c1-23-21-15-18-10-5-6-13-20(18)22(21)24-19-12-7-11-17(14-19)16-8-3-2-4-9-16/h2-14,21-23H,15H2,1H3/t21-,22+/m0/s1. The van der Waals surface area contributed by atoms with Gasteiger partial charge in [-0.15, -0.1) is 0 Å². The maximum Gasteiger partial charge on any atom is 0.140 e. The summed E-state index contributed by atoms with van der Waals surface area (Å²) in [6.07, 6.45) is 1.06. The Labute approximate surface area is 143 Å². The number of hydrogen-bond acceptors (Lipinski definition) is 2. The molecule has 0 saturated heterocycles. The van der Waals surface area contributed by atoms with E-state index >= 15 is 0 Å². The van der Waals surface area contributed by atoms with E-state index in [9.17, 15) is 0 Å². The van der Waals surface area contributed by atoms with Crippen LogP contribution in [0.5, 0.6) is 5.75 Å². The Kier molecular flexibility index (Phi) is 4.06. The molecular weight excluding hydrogens is 294 g/mol. The summed E-state index contributed by atoms with van der Waals surface area (Å²) in [6.45, 7) is 0. The lowest BCUT2D eigenvalue weighted by Crippen LogP contribution is -2.32. The van der Waals surface area contributed by atoms with Crippen LogP contribution < -0.4 is 10.1 Å². The molecule has 0 fully saturated rings. The average Bonchev–Trinajstić information content (AvgIpc) is 3.00. The summed E-state index contributed by atoms with van der Waals surface area (Å²) in [7, 11) is 2.01. The fourth-order valence-electron chi connectivity index (χ4n) is 3.48. The molecule has 1 aliphatic carbocycles.